The number of ether oxygens (including phenoxy) is 2. The monoisotopic (exact) mass is 674 g/mol. The summed E-state index contributed by atoms with van der Waals surface area (Å²) in [6, 6.07) is 15.6. The molecule has 4 rings (SSSR count). The van der Waals surface area contributed by atoms with Crippen molar-refractivity contribution in [2.45, 2.75) is 26.2 Å². The van der Waals surface area contributed by atoms with Crippen molar-refractivity contribution in [3.8, 4) is 11.5 Å². The lowest BCUT2D eigenvalue weighted by Crippen LogP contribution is -2.22. The number of anilines is 1. The highest BCUT2D eigenvalue weighted by atomic mass is 79.9. The lowest BCUT2D eigenvalue weighted by Gasteiger charge is -2.13. The highest BCUT2D eigenvalue weighted by molar-refractivity contribution is 9.10. The predicted octanol–water partition coefficient (Wildman–Crippen LogP) is 6.83. The van der Waals surface area contributed by atoms with Crippen LogP contribution in [-0.4, -0.2) is 35.5 Å². The number of amides is 1. The number of aromatic nitrogens is 2. The molecule has 0 aliphatic rings. The van der Waals surface area contributed by atoms with Gasteiger partial charge in [-0.05, 0) is 76.9 Å². The van der Waals surface area contributed by atoms with Crippen molar-refractivity contribution < 1.29 is 14.3 Å². The summed E-state index contributed by atoms with van der Waals surface area (Å²) in [4.78, 5) is 30.4. The van der Waals surface area contributed by atoms with E-state index < -0.39 is 0 Å². The Morgan fingerprint density at radius 2 is 1.90 bits per heavy atom. The summed E-state index contributed by atoms with van der Waals surface area (Å²) in [6.45, 7) is 1.85. The van der Waals surface area contributed by atoms with Gasteiger partial charge in [-0.2, -0.15) is 9.78 Å². The van der Waals surface area contributed by atoms with Crippen LogP contribution >= 0.6 is 43.5 Å². The molecule has 1 amide bonds. The van der Waals surface area contributed by atoms with Gasteiger partial charge in [0.25, 0.3) is 11.5 Å². The molecule has 0 aliphatic carbocycles. The molecule has 1 aromatic heterocycles. The zero-order chi connectivity index (χ0) is 27.9. The summed E-state index contributed by atoms with van der Waals surface area (Å²) < 4.78 is 14.0. The molecule has 8 nitrogen and oxygen atoms in total. The molecule has 39 heavy (non-hydrogen) atoms. The van der Waals surface area contributed by atoms with Crippen LogP contribution in [0, 0.1) is 0 Å². The van der Waals surface area contributed by atoms with E-state index in [9.17, 15) is 9.59 Å². The first-order valence-corrected chi connectivity index (χ1v) is 14.1. The van der Waals surface area contributed by atoms with Crippen LogP contribution in [0.1, 0.15) is 31.2 Å². The minimum absolute atomic E-state index is 0.229. The number of carbonyl (C=O) groups excluding carboxylic acids is 1. The fourth-order valence-corrected chi connectivity index (χ4v) is 4.64. The number of rotatable bonds is 10. The minimum Gasteiger partial charge on any atom is -0.493 e. The number of nitrogens with one attached hydrogen (secondary N) is 1. The van der Waals surface area contributed by atoms with E-state index >= 15 is 0 Å². The van der Waals surface area contributed by atoms with Crippen molar-refractivity contribution >= 4 is 72.2 Å². The van der Waals surface area contributed by atoms with Crippen molar-refractivity contribution in [1.82, 2.24) is 9.66 Å². The van der Waals surface area contributed by atoms with Gasteiger partial charge < -0.3 is 14.8 Å². The number of aryl methyl sites for hydroxylation is 1. The molecule has 0 unspecified atom stereocenters. The first-order valence-electron chi connectivity index (χ1n) is 12.1. The second kappa shape index (κ2) is 13.2. The Morgan fingerprint density at radius 3 is 2.62 bits per heavy atom. The Labute approximate surface area is 247 Å². The first kappa shape index (κ1) is 28.8. The summed E-state index contributed by atoms with van der Waals surface area (Å²) in [5.74, 6) is 1.02. The van der Waals surface area contributed by atoms with Gasteiger partial charge in [0.05, 0.1) is 24.2 Å². The molecule has 202 valence electrons. The zero-order valence-electron chi connectivity index (χ0n) is 21.2. The van der Waals surface area contributed by atoms with Crippen LogP contribution in [0.3, 0.4) is 0 Å². The van der Waals surface area contributed by atoms with E-state index in [1.54, 1.807) is 48.7 Å². The predicted molar refractivity (Wildman–Crippen MR) is 162 cm³/mol. The maximum absolute atomic E-state index is 13.3. The summed E-state index contributed by atoms with van der Waals surface area (Å²) in [6.07, 6.45) is 4.01. The Bertz CT molecular complexity index is 1590. The van der Waals surface area contributed by atoms with Gasteiger partial charge in [0.1, 0.15) is 5.82 Å². The molecule has 0 bridgehead atoms. The van der Waals surface area contributed by atoms with Gasteiger partial charge >= 0.3 is 0 Å². The van der Waals surface area contributed by atoms with Crippen LogP contribution in [0.25, 0.3) is 10.9 Å². The Kier molecular flexibility index (Phi) is 9.77. The Balaban J connectivity index is 1.58. The number of unbranched alkanes of at least 4 members (excludes halogenated alkanes) is 1. The first-order chi connectivity index (χ1) is 18.8. The minimum atomic E-state index is -0.337. The summed E-state index contributed by atoms with van der Waals surface area (Å²) in [7, 11) is 1.50. The number of carbonyl (C=O) groups is 1. The smallest absolute Gasteiger partial charge is 0.282 e. The zero-order valence-corrected chi connectivity index (χ0v) is 25.1. The van der Waals surface area contributed by atoms with Gasteiger partial charge in [-0.15, -0.1) is 0 Å². The third kappa shape index (κ3) is 7.26. The standard InChI is InChI=1S/C28H25Br2ClN4O4/c1-3-4-5-26-34-23-11-6-18(29)13-21(23)28(37)35(26)32-15-17-12-24(38-2)25(14-22(17)30)39-16-27(36)33-20-9-7-19(31)8-10-20/h6-15H,3-5,16H2,1-2H3,(H,33,36). The summed E-state index contributed by atoms with van der Waals surface area (Å²) in [5, 5.41) is 8.30. The van der Waals surface area contributed by atoms with Gasteiger partial charge in [-0.25, -0.2) is 4.98 Å². The maximum Gasteiger partial charge on any atom is 0.282 e. The molecule has 1 N–H and O–H groups in total. The number of fused-ring (bicyclic) bond motifs is 1. The second-order valence-corrected chi connectivity index (χ2v) is 10.7. The molecule has 0 atom stereocenters. The van der Waals surface area contributed by atoms with Crippen LogP contribution in [-0.2, 0) is 11.2 Å². The topological polar surface area (TPSA) is 94.8 Å². The molecule has 0 fully saturated rings. The quantitative estimate of drug-likeness (QED) is 0.186. The van der Waals surface area contributed by atoms with Gasteiger partial charge in [0.2, 0.25) is 0 Å². The molecule has 0 aliphatic heterocycles. The number of hydrogen-bond donors (Lipinski definition) is 1. The van der Waals surface area contributed by atoms with Gasteiger partial charge in [0.15, 0.2) is 18.1 Å². The van der Waals surface area contributed by atoms with Gasteiger partial charge in [-0.1, -0.05) is 40.9 Å². The highest BCUT2D eigenvalue weighted by Crippen LogP contribution is 2.33. The maximum atomic E-state index is 13.3. The number of methoxy groups -OCH3 is 1. The van der Waals surface area contributed by atoms with Crippen LogP contribution in [0.2, 0.25) is 5.02 Å². The Hall–Kier alpha value is -3.21. The van der Waals surface area contributed by atoms with Crippen LogP contribution < -0.4 is 20.3 Å². The number of nitrogens with zero attached hydrogens (tertiary/aromatic N) is 3. The molecule has 11 heteroatoms. The Morgan fingerprint density at radius 1 is 1.13 bits per heavy atom. The van der Waals surface area contributed by atoms with Crippen molar-refractivity contribution in [2.24, 2.45) is 5.10 Å². The van der Waals surface area contributed by atoms with E-state index in [-0.39, 0.29) is 18.1 Å². The third-order valence-corrected chi connectivity index (χ3v) is 7.14. The van der Waals surface area contributed by atoms with E-state index in [4.69, 9.17) is 26.1 Å². The lowest BCUT2D eigenvalue weighted by molar-refractivity contribution is -0.118. The van der Waals surface area contributed by atoms with Gasteiger partial charge in [0, 0.05) is 31.6 Å². The highest BCUT2D eigenvalue weighted by Gasteiger charge is 2.14. The molecule has 3 aromatic carbocycles. The fourth-order valence-electron chi connectivity index (χ4n) is 3.73. The number of hydrogen-bond acceptors (Lipinski definition) is 6. The SMILES string of the molecule is CCCCc1nc2ccc(Br)cc2c(=O)n1N=Cc1cc(OC)c(OCC(=O)Nc2ccc(Cl)cc2)cc1Br. The summed E-state index contributed by atoms with van der Waals surface area (Å²) in [5.41, 5.74) is 1.63. The van der Waals surface area contributed by atoms with E-state index in [0.29, 0.717) is 55.4 Å². The van der Waals surface area contributed by atoms with Crippen LogP contribution in [0.5, 0.6) is 11.5 Å². The number of halogens is 3. The largest absolute Gasteiger partial charge is 0.493 e. The fraction of sp³-hybridized carbons (Fsp3) is 0.214. The lowest BCUT2D eigenvalue weighted by atomic mass is 10.2. The second-order valence-electron chi connectivity index (χ2n) is 8.52. The molecule has 4 aromatic rings. The molecule has 0 saturated heterocycles. The molecule has 0 spiro atoms. The van der Waals surface area contributed by atoms with E-state index in [1.807, 2.05) is 12.1 Å². The average molecular weight is 677 g/mol. The molecule has 1 heterocycles. The van der Waals surface area contributed by atoms with Crippen molar-refractivity contribution in [3.05, 3.63) is 90.3 Å². The normalized spacial score (nSPS) is 11.2. The van der Waals surface area contributed by atoms with Gasteiger partial charge in [-0.3, -0.25) is 9.59 Å². The van der Waals surface area contributed by atoms with Crippen molar-refractivity contribution in [1.29, 1.82) is 0 Å². The van der Waals surface area contributed by atoms with E-state index in [0.717, 1.165) is 17.3 Å². The summed E-state index contributed by atoms with van der Waals surface area (Å²) >= 11 is 12.8. The van der Waals surface area contributed by atoms with Crippen molar-refractivity contribution in [3.63, 3.8) is 0 Å². The molecule has 0 saturated carbocycles. The molecule has 0 radical (unpaired) electrons. The van der Waals surface area contributed by atoms with Crippen molar-refractivity contribution in [2.75, 3.05) is 19.0 Å². The number of benzene rings is 3. The van der Waals surface area contributed by atoms with E-state index in [1.165, 1.54) is 11.8 Å². The molecular formula is C28H25Br2ClN4O4. The van der Waals surface area contributed by atoms with Crippen LogP contribution in [0.15, 0.2) is 73.4 Å². The molecular weight excluding hydrogens is 652 g/mol. The van der Waals surface area contributed by atoms with E-state index in [2.05, 4.69) is 49.2 Å². The van der Waals surface area contributed by atoms with Crippen LogP contribution in [0.4, 0.5) is 5.69 Å². The average Bonchev–Trinajstić information content (AvgIpc) is 2.92. The third-order valence-electron chi connectivity index (χ3n) is 5.71.